The van der Waals surface area contributed by atoms with Gasteiger partial charge in [0, 0.05) is 0 Å². The molecule has 2 rings (SSSR count). The molecule has 2 aromatic carbocycles. The van der Waals surface area contributed by atoms with Crippen LogP contribution >= 0.6 is 11.6 Å². The third kappa shape index (κ3) is 3.61. The fourth-order valence-electron chi connectivity index (χ4n) is 2.25. The van der Waals surface area contributed by atoms with E-state index in [1.165, 1.54) is 0 Å². The number of halogens is 1. The maximum Gasteiger partial charge on any atom is 0.229 e. The van der Waals surface area contributed by atoms with Gasteiger partial charge in [-0.3, -0.25) is 4.79 Å². The molecule has 0 saturated heterocycles. The molecule has 2 nitrogen and oxygen atoms in total. The van der Waals surface area contributed by atoms with Gasteiger partial charge in [-0.25, -0.2) is 0 Å². The summed E-state index contributed by atoms with van der Waals surface area (Å²) in [7, 11) is 1.63. The van der Waals surface area contributed by atoms with Gasteiger partial charge >= 0.3 is 0 Å². The third-order valence-electron chi connectivity index (χ3n) is 3.29. The summed E-state index contributed by atoms with van der Waals surface area (Å²) in [4.78, 5) is 11.7. The molecule has 0 aliphatic carbocycles. The number of rotatable bonds is 5. The van der Waals surface area contributed by atoms with Crippen LogP contribution in [0, 0.1) is 6.92 Å². The zero-order valence-electron chi connectivity index (χ0n) is 11.6. The molecular weight excluding hydrogens is 272 g/mol. The Hall–Kier alpha value is -1.80. The second-order valence-electron chi connectivity index (χ2n) is 4.83. The van der Waals surface area contributed by atoms with Crippen LogP contribution in [0.4, 0.5) is 0 Å². The molecule has 1 atom stereocenters. The Morgan fingerprint density at radius 2 is 1.95 bits per heavy atom. The van der Waals surface area contributed by atoms with Gasteiger partial charge in [-0.05, 0) is 48.2 Å². The van der Waals surface area contributed by atoms with Crippen LogP contribution in [0.5, 0.6) is 5.75 Å². The largest absolute Gasteiger partial charge is 0.497 e. The van der Waals surface area contributed by atoms with E-state index < -0.39 is 0 Å². The maximum absolute atomic E-state index is 11.7. The van der Waals surface area contributed by atoms with Gasteiger partial charge < -0.3 is 4.74 Å². The summed E-state index contributed by atoms with van der Waals surface area (Å²) in [6.07, 6.45) is 0.572. The Morgan fingerprint density at radius 3 is 2.60 bits per heavy atom. The van der Waals surface area contributed by atoms with Crippen molar-refractivity contribution in [3.05, 3.63) is 65.2 Å². The van der Waals surface area contributed by atoms with Crippen LogP contribution in [0.2, 0.25) is 0 Å². The number of hydrogen-bond acceptors (Lipinski definition) is 2. The first-order chi connectivity index (χ1) is 9.60. The number of carbonyl (C=O) groups is 1. The third-order valence-corrected chi connectivity index (χ3v) is 3.56. The van der Waals surface area contributed by atoms with Crippen molar-refractivity contribution in [2.75, 3.05) is 7.11 Å². The molecular formula is C17H17ClO2. The lowest BCUT2D eigenvalue weighted by Gasteiger charge is -2.14. The van der Waals surface area contributed by atoms with Crippen LogP contribution in [-0.2, 0) is 11.2 Å². The topological polar surface area (TPSA) is 26.3 Å². The van der Waals surface area contributed by atoms with E-state index in [1.54, 1.807) is 7.11 Å². The SMILES string of the molecule is COc1cccc(CC(C(=O)Cl)c2cccc(C)c2)c1. The summed E-state index contributed by atoms with van der Waals surface area (Å²) in [5.41, 5.74) is 3.11. The highest BCUT2D eigenvalue weighted by Crippen LogP contribution is 2.26. The first-order valence-electron chi connectivity index (χ1n) is 6.49. The number of carbonyl (C=O) groups excluding carboxylic acids is 1. The number of aryl methyl sites for hydroxylation is 1. The summed E-state index contributed by atoms with van der Waals surface area (Å²) in [5.74, 6) is 0.455. The van der Waals surface area contributed by atoms with E-state index in [0.29, 0.717) is 6.42 Å². The van der Waals surface area contributed by atoms with Crippen LogP contribution in [0.25, 0.3) is 0 Å². The Morgan fingerprint density at radius 1 is 1.20 bits per heavy atom. The van der Waals surface area contributed by atoms with Gasteiger partial charge in [-0.15, -0.1) is 0 Å². The molecule has 0 radical (unpaired) electrons. The van der Waals surface area contributed by atoms with Gasteiger partial charge in [0.1, 0.15) is 5.75 Å². The lowest BCUT2D eigenvalue weighted by Crippen LogP contribution is -2.10. The van der Waals surface area contributed by atoms with E-state index in [2.05, 4.69) is 0 Å². The molecule has 20 heavy (non-hydrogen) atoms. The molecule has 104 valence electrons. The van der Waals surface area contributed by atoms with Crippen LogP contribution in [0.1, 0.15) is 22.6 Å². The number of benzene rings is 2. The number of methoxy groups -OCH3 is 1. The monoisotopic (exact) mass is 288 g/mol. The minimum absolute atomic E-state index is 0.330. The summed E-state index contributed by atoms with van der Waals surface area (Å²) >= 11 is 5.78. The van der Waals surface area contributed by atoms with Crippen LogP contribution in [0.3, 0.4) is 0 Å². The van der Waals surface area contributed by atoms with E-state index in [0.717, 1.165) is 22.4 Å². The lowest BCUT2D eigenvalue weighted by atomic mass is 9.92. The molecule has 0 aliphatic rings. The molecule has 1 unspecified atom stereocenters. The second kappa shape index (κ2) is 6.58. The molecule has 0 amide bonds. The van der Waals surface area contributed by atoms with Crippen molar-refractivity contribution in [1.82, 2.24) is 0 Å². The quantitative estimate of drug-likeness (QED) is 0.775. The molecule has 0 spiro atoms. The predicted octanol–water partition coefficient (Wildman–Crippen LogP) is 4.10. The maximum atomic E-state index is 11.7. The van der Waals surface area contributed by atoms with Crippen molar-refractivity contribution < 1.29 is 9.53 Å². The summed E-state index contributed by atoms with van der Waals surface area (Å²) in [5, 5.41) is -0.335. The average molecular weight is 289 g/mol. The van der Waals surface area contributed by atoms with Gasteiger partial charge in [0.25, 0.3) is 0 Å². The summed E-state index contributed by atoms with van der Waals surface area (Å²) < 4.78 is 5.20. The molecule has 0 saturated carbocycles. The first kappa shape index (κ1) is 14.6. The van der Waals surface area contributed by atoms with E-state index >= 15 is 0 Å². The van der Waals surface area contributed by atoms with E-state index in [4.69, 9.17) is 16.3 Å². The van der Waals surface area contributed by atoms with Crippen LogP contribution < -0.4 is 4.74 Å². The highest BCUT2D eigenvalue weighted by molar-refractivity contribution is 6.64. The van der Waals surface area contributed by atoms with Crippen molar-refractivity contribution in [3.8, 4) is 5.75 Å². The molecule has 3 heteroatoms. The van der Waals surface area contributed by atoms with Crippen molar-refractivity contribution in [2.45, 2.75) is 19.3 Å². The fraction of sp³-hybridized carbons (Fsp3) is 0.235. The minimum atomic E-state index is -0.335. The molecule has 0 heterocycles. The van der Waals surface area contributed by atoms with Crippen LogP contribution in [0.15, 0.2) is 48.5 Å². The highest BCUT2D eigenvalue weighted by Gasteiger charge is 2.19. The standard InChI is InChI=1S/C17H17ClO2/c1-12-5-3-7-14(9-12)16(17(18)19)11-13-6-4-8-15(10-13)20-2/h3-10,16H,11H2,1-2H3. The molecule has 0 fully saturated rings. The Balaban J connectivity index is 2.28. The van der Waals surface area contributed by atoms with Gasteiger partial charge in [0.15, 0.2) is 0 Å². The number of hydrogen-bond donors (Lipinski definition) is 0. The van der Waals surface area contributed by atoms with Gasteiger partial charge in [0.05, 0.1) is 13.0 Å². The first-order valence-corrected chi connectivity index (χ1v) is 6.87. The number of ether oxygens (including phenoxy) is 1. The Bertz CT molecular complexity index is 607. The highest BCUT2D eigenvalue weighted by atomic mass is 35.5. The van der Waals surface area contributed by atoms with Gasteiger partial charge in [-0.2, -0.15) is 0 Å². The van der Waals surface area contributed by atoms with Crippen molar-refractivity contribution >= 4 is 16.8 Å². The zero-order chi connectivity index (χ0) is 14.5. The molecule has 0 aromatic heterocycles. The molecule has 0 bridgehead atoms. The predicted molar refractivity (Wildman–Crippen MR) is 81.5 cm³/mol. The molecule has 0 aliphatic heterocycles. The van der Waals surface area contributed by atoms with Gasteiger partial charge in [0.2, 0.25) is 5.24 Å². The Kier molecular flexibility index (Phi) is 4.80. The summed E-state index contributed by atoms with van der Waals surface area (Å²) in [6.45, 7) is 2.00. The Labute approximate surface area is 124 Å². The molecule has 2 aromatic rings. The smallest absolute Gasteiger partial charge is 0.229 e. The molecule has 0 N–H and O–H groups in total. The average Bonchev–Trinajstić information content (AvgIpc) is 2.44. The van der Waals surface area contributed by atoms with E-state index in [9.17, 15) is 4.79 Å². The minimum Gasteiger partial charge on any atom is -0.497 e. The van der Waals surface area contributed by atoms with E-state index in [1.807, 2.05) is 55.5 Å². The zero-order valence-corrected chi connectivity index (χ0v) is 12.4. The normalized spacial score (nSPS) is 11.9. The lowest BCUT2D eigenvalue weighted by molar-refractivity contribution is -0.113. The van der Waals surface area contributed by atoms with Gasteiger partial charge in [-0.1, -0.05) is 42.0 Å². The fourth-order valence-corrected chi connectivity index (χ4v) is 2.45. The van der Waals surface area contributed by atoms with E-state index in [-0.39, 0.29) is 11.2 Å². The van der Waals surface area contributed by atoms with Crippen molar-refractivity contribution in [1.29, 1.82) is 0 Å². The van der Waals surface area contributed by atoms with Crippen molar-refractivity contribution in [3.63, 3.8) is 0 Å². The summed E-state index contributed by atoms with van der Waals surface area (Å²) in [6, 6.07) is 15.6. The van der Waals surface area contributed by atoms with Crippen molar-refractivity contribution in [2.24, 2.45) is 0 Å². The second-order valence-corrected chi connectivity index (χ2v) is 5.20. The van der Waals surface area contributed by atoms with Crippen LogP contribution in [-0.4, -0.2) is 12.4 Å².